The monoisotopic (exact) mass is 235 g/mol. The van der Waals surface area contributed by atoms with Gasteiger partial charge in [-0.05, 0) is 24.3 Å². The van der Waals surface area contributed by atoms with Gasteiger partial charge in [-0.15, -0.1) is 0 Å². The van der Waals surface area contributed by atoms with E-state index in [0.717, 1.165) is 5.69 Å². The van der Waals surface area contributed by atoms with Crippen LogP contribution in [0.1, 0.15) is 0 Å². The van der Waals surface area contributed by atoms with Crippen molar-refractivity contribution in [1.82, 2.24) is 4.98 Å². The highest BCUT2D eigenvalue weighted by Gasteiger charge is 1.98. The number of anilines is 3. The fourth-order valence-corrected chi connectivity index (χ4v) is 1.47. The smallest absolute Gasteiger partial charge is 0.132 e. The third-order valence-electron chi connectivity index (χ3n) is 1.99. The molecule has 16 heavy (non-hydrogen) atoms. The molecule has 2 aromatic rings. The number of hydrogen-bond acceptors (Lipinski definition) is 4. The summed E-state index contributed by atoms with van der Waals surface area (Å²) in [6, 6.07) is 10.7. The standard InChI is InChI=1S/C11H10ClN3O/c12-8-2-1-3-9(6-8)14-11-7-10(15-16)4-5-13-11/h1-7,16H,(H2,13,14,15). The molecular weight excluding hydrogens is 226 g/mol. The van der Waals surface area contributed by atoms with E-state index in [1.54, 1.807) is 30.5 Å². The Morgan fingerprint density at radius 3 is 2.75 bits per heavy atom. The average Bonchev–Trinajstić information content (AvgIpc) is 2.29. The third-order valence-corrected chi connectivity index (χ3v) is 2.22. The van der Waals surface area contributed by atoms with Crippen LogP contribution in [0.5, 0.6) is 0 Å². The summed E-state index contributed by atoms with van der Waals surface area (Å²) in [6.07, 6.45) is 1.59. The largest absolute Gasteiger partial charge is 0.340 e. The Morgan fingerprint density at radius 2 is 2.00 bits per heavy atom. The van der Waals surface area contributed by atoms with Crippen LogP contribution in [-0.4, -0.2) is 10.2 Å². The predicted molar refractivity (Wildman–Crippen MR) is 64.4 cm³/mol. The van der Waals surface area contributed by atoms with Crippen LogP contribution in [0.4, 0.5) is 17.2 Å². The molecule has 0 radical (unpaired) electrons. The average molecular weight is 236 g/mol. The van der Waals surface area contributed by atoms with E-state index in [9.17, 15) is 0 Å². The number of rotatable bonds is 3. The second kappa shape index (κ2) is 4.83. The van der Waals surface area contributed by atoms with E-state index in [1.165, 1.54) is 0 Å². The van der Waals surface area contributed by atoms with Gasteiger partial charge >= 0.3 is 0 Å². The summed E-state index contributed by atoms with van der Waals surface area (Å²) < 4.78 is 0. The van der Waals surface area contributed by atoms with Crippen molar-refractivity contribution in [2.45, 2.75) is 0 Å². The summed E-state index contributed by atoms with van der Waals surface area (Å²) in [5, 5.41) is 12.5. The normalized spacial score (nSPS) is 9.88. The Kier molecular flexibility index (Phi) is 3.24. The summed E-state index contributed by atoms with van der Waals surface area (Å²) >= 11 is 5.86. The third kappa shape index (κ3) is 2.62. The molecule has 3 N–H and O–H groups in total. The molecule has 82 valence electrons. The maximum Gasteiger partial charge on any atom is 0.132 e. The molecule has 0 atom stereocenters. The van der Waals surface area contributed by atoms with Crippen LogP contribution in [0.2, 0.25) is 5.02 Å². The highest BCUT2D eigenvalue weighted by atomic mass is 35.5. The van der Waals surface area contributed by atoms with E-state index >= 15 is 0 Å². The molecule has 0 spiro atoms. The molecule has 0 aliphatic heterocycles. The molecule has 0 fully saturated rings. The van der Waals surface area contributed by atoms with Crippen molar-refractivity contribution in [3.63, 3.8) is 0 Å². The van der Waals surface area contributed by atoms with E-state index in [-0.39, 0.29) is 0 Å². The van der Waals surface area contributed by atoms with Crippen molar-refractivity contribution in [3.05, 3.63) is 47.6 Å². The second-order valence-electron chi connectivity index (χ2n) is 3.18. The van der Waals surface area contributed by atoms with Gasteiger partial charge in [-0.3, -0.25) is 10.7 Å². The van der Waals surface area contributed by atoms with Gasteiger partial charge in [0.25, 0.3) is 0 Å². The summed E-state index contributed by atoms with van der Waals surface area (Å²) in [7, 11) is 0. The molecule has 0 aliphatic rings. The SMILES string of the molecule is ONc1ccnc(Nc2cccc(Cl)c2)c1. The number of pyridine rings is 1. The number of benzene rings is 1. The van der Waals surface area contributed by atoms with Gasteiger partial charge in [0.05, 0.1) is 5.69 Å². The Hall–Kier alpha value is -1.78. The first-order valence-corrected chi connectivity index (χ1v) is 5.04. The minimum Gasteiger partial charge on any atom is -0.340 e. The minimum atomic E-state index is 0.569. The van der Waals surface area contributed by atoms with Gasteiger partial charge in [0, 0.05) is 23.0 Å². The molecule has 1 heterocycles. The molecule has 0 saturated heterocycles. The van der Waals surface area contributed by atoms with Crippen molar-refractivity contribution in [3.8, 4) is 0 Å². The highest BCUT2D eigenvalue weighted by Crippen LogP contribution is 2.20. The maximum atomic E-state index is 8.75. The van der Waals surface area contributed by atoms with Crippen LogP contribution in [0.25, 0.3) is 0 Å². The van der Waals surface area contributed by atoms with Gasteiger partial charge in [-0.2, -0.15) is 0 Å². The lowest BCUT2D eigenvalue weighted by Gasteiger charge is -2.06. The van der Waals surface area contributed by atoms with Gasteiger partial charge < -0.3 is 5.32 Å². The van der Waals surface area contributed by atoms with Crippen LogP contribution < -0.4 is 10.8 Å². The first-order valence-electron chi connectivity index (χ1n) is 4.67. The Bertz CT molecular complexity index is 490. The van der Waals surface area contributed by atoms with Gasteiger partial charge in [-0.25, -0.2) is 4.98 Å². The number of nitrogens with zero attached hydrogens (tertiary/aromatic N) is 1. The molecule has 1 aromatic carbocycles. The molecule has 4 nitrogen and oxygen atoms in total. The van der Waals surface area contributed by atoms with Crippen molar-refractivity contribution in [2.75, 3.05) is 10.8 Å². The maximum absolute atomic E-state index is 8.75. The zero-order valence-electron chi connectivity index (χ0n) is 8.31. The van der Waals surface area contributed by atoms with Gasteiger partial charge in [0.1, 0.15) is 5.82 Å². The zero-order chi connectivity index (χ0) is 11.4. The van der Waals surface area contributed by atoms with Crippen molar-refractivity contribution >= 4 is 28.8 Å². The van der Waals surface area contributed by atoms with Crippen LogP contribution in [-0.2, 0) is 0 Å². The molecular formula is C11H10ClN3O. The first-order chi connectivity index (χ1) is 7.78. The summed E-state index contributed by atoms with van der Waals surface area (Å²) in [5.41, 5.74) is 3.47. The number of halogens is 1. The van der Waals surface area contributed by atoms with Gasteiger partial charge in [0.2, 0.25) is 0 Å². The molecule has 0 bridgehead atoms. The van der Waals surface area contributed by atoms with Crippen molar-refractivity contribution in [2.24, 2.45) is 0 Å². The number of aromatic nitrogens is 1. The van der Waals surface area contributed by atoms with Gasteiger partial charge in [-0.1, -0.05) is 17.7 Å². The number of nitrogens with one attached hydrogen (secondary N) is 2. The Balaban J connectivity index is 2.20. The van der Waals surface area contributed by atoms with Crippen LogP contribution >= 0.6 is 11.6 Å². The van der Waals surface area contributed by atoms with E-state index in [4.69, 9.17) is 16.8 Å². The van der Waals surface area contributed by atoms with E-state index < -0.39 is 0 Å². The van der Waals surface area contributed by atoms with Crippen molar-refractivity contribution < 1.29 is 5.21 Å². The Labute approximate surface area is 97.9 Å². The summed E-state index contributed by atoms with van der Waals surface area (Å²) in [4.78, 5) is 4.11. The fourth-order valence-electron chi connectivity index (χ4n) is 1.28. The molecule has 0 aliphatic carbocycles. The molecule has 0 saturated carbocycles. The lowest BCUT2D eigenvalue weighted by atomic mass is 10.3. The van der Waals surface area contributed by atoms with Crippen molar-refractivity contribution in [1.29, 1.82) is 0 Å². The van der Waals surface area contributed by atoms with Crippen LogP contribution in [0, 0.1) is 0 Å². The van der Waals surface area contributed by atoms with E-state index in [1.807, 2.05) is 12.1 Å². The molecule has 0 amide bonds. The quantitative estimate of drug-likeness (QED) is 0.715. The molecule has 2 rings (SSSR count). The fraction of sp³-hybridized carbons (Fsp3) is 0. The molecule has 1 aromatic heterocycles. The van der Waals surface area contributed by atoms with Crippen LogP contribution in [0.3, 0.4) is 0 Å². The first kappa shape index (κ1) is 10.7. The lowest BCUT2D eigenvalue weighted by molar-refractivity contribution is 0.389. The molecule has 0 unspecified atom stereocenters. The predicted octanol–water partition coefficient (Wildman–Crippen LogP) is 3.28. The highest BCUT2D eigenvalue weighted by molar-refractivity contribution is 6.30. The van der Waals surface area contributed by atoms with E-state index in [0.29, 0.717) is 16.5 Å². The zero-order valence-corrected chi connectivity index (χ0v) is 9.07. The molecule has 5 heteroatoms. The summed E-state index contributed by atoms with van der Waals surface area (Å²) in [6.45, 7) is 0. The summed E-state index contributed by atoms with van der Waals surface area (Å²) in [5.74, 6) is 0.626. The van der Waals surface area contributed by atoms with E-state index in [2.05, 4.69) is 15.8 Å². The second-order valence-corrected chi connectivity index (χ2v) is 3.61. The van der Waals surface area contributed by atoms with Crippen LogP contribution in [0.15, 0.2) is 42.6 Å². The number of hydrogen-bond donors (Lipinski definition) is 3. The lowest BCUT2D eigenvalue weighted by Crippen LogP contribution is -1.95. The topological polar surface area (TPSA) is 57.2 Å². The minimum absolute atomic E-state index is 0.569. The Morgan fingerprint density at radius 1 is 1.12 bits per heavy atom. The van der Waals surface area contributed by atoms with Gasteiger partial charge in [0.15, 0.2) is 0 Å².